The molecule has 2 heterocycles. The summed E-state index contributed by atoms with van der Waals surface area (Å²) in [5.74, 6) is -0.479. The van der Waals surface area contributed by atoms with Gasteiger partial charge < -0.3 is 20.5 Å². The third-order valence-electron chi connectivity index (χ3n) is 9.12. The number of carbonyl (C=O) groups is 1. The highest BCUT2D eigenvalue weighted by molar-refractivity contribution is 5.67. The third kappa shape index (κ3) is 6.11. The van der Waals surface area contributed by atoms with E-state index in [1.807, 2.05) is 18.2 Å². The quantitative estimate of drug-likeness (QED) is 0.224. The predicted octanol–water partition coefficient (Wildman–Crippen LogP) is 3.13. The Balaban J connectivity index is 1.38. The van der Waals surface area contributed by atoms with Crippen molar-refractivity contribution in [1.29, 1.82) is 0 Å². The van der Waals surface area contributed by atoms with Crippen LogP contribution >= 0.6 is 0 Å². The maximum absolute atomic E-state index is 14.3. The van der Waals surface area contributed by atoms with Crippen LogP contribution in [0.4, 0.5) is 4.39 Å². The Bertz CT molecular complexity index is 1410. The van der Waals surface area contributed by atoms with Gasteiger partial charge in [-0.25, -0.2) is 9.37 Å². The van der Waals surface area contributed by atoms with Crippen molar-refractivity contribution < 1.29 is 19.0 Å². The highest BCUT2D eigenvalue weighted by Gasteiger charge is 2.55. The highest BCUT2D eigenvalue weighted by Crippen LogP contribution is 2.52. The Labute approximate surface area is 245 Å². The molecule has 1 saturated carbocycles. The zero-order valence-corrected chi connectivity index (χ0v) is 24.1. The summed E-state index contributed by atoms with van der Waals surface area (Å²) in [6.45, 7) is 3.48. The molecule has 224 valence electrons. The van der Waals surface area contributed by atoms with E-state index in [0.717, 1.165) is 32.2 Å². The monoisotopic (exact) mass is 577 g/mol. The van der Waals surface area contributed by atoms with Crippen LogP contribution in [-0.2, 0) is 11.3 Å². The standard InChI is InChI=1S/C32H40FN5O4/c1-42-30-25(10-7-11-26(30)33)27-18-29(40)38(22-36-27)21-32(41)14-17-37(20-31(32)12-5-6-13-31)28(19-34-15-16-35-23-39)24-8-3-2-4-9-24/h2-4,7-11,18,22-23,28,34,41H,5-6,12-17,19-21H2,1H3,(H,35,39). The first-order chi connectivity index (χ1) is 20.4. The molecule has 9 nitrogen and oxygen atoms in total. The first-order valence-electron chi connectivity index (χ1n) is 14.7. The largest absolute Gasteiger partial charge is 0.493 e. The molecule has 2 atom stereocenters. The van der Waals surface area contributed by atoms with Crippen LogP contribution in [0, 0.1) is 11.2 Å². The molecule has 2 aromatic carbocycles. The number of aromatic nitrogens is 2. The summed E-state index contributed by atoms with van der Waals surface area (Å²) in [5.41, 5.74) is 0.198. The van der Waals surface area contributed by atoms with Crippen molar-refractivity contribution >= 4 is 6.41 Å². The van der Waals surface area contributed by atoms with Crippen molar-refractivity contribution in [2.75, 3.05) is 39.8 Å². The number of piperidine rings is 1. The minimum Gasteiger partial charge on any atom is -0.493 e. The number of benzene rings is 2. The fourth-order valence-electron chi connectivity index (χ4n) is 6.88. The van der Waals surface area contributed by atoms with E-state index in [-0.39, 0.29) is 29.3 Å². The van der Waals surface area contributed by atoms with Crippen molar-refractivity contribution in [3.05, 3.63) is 82.7 Å². The normalized spacial score (nSPS) is 20.8. The Kier molecular flexibility index (Phi) is 9.35. The van der Waals surface area contributed by atoms with Crippen LogP contribution in [-0.4, -0.2) is 71.4 Å². The second kappa shape index (κ2) is 13.1. The lowest BCUT2D eigenvalue weighted by atomic mass is 9.65. The maximum Gasteiger partial charge on any atom is 0.253 e. The maximum atomic E-state index is 14.3. The fourth-order valence-corrected chi connectivity index (χ4v) is 6.88. The zero-order chi connectivity index (χ0) is 29.6. The molecule has 0 bridgehead atoms. The number of aliphatic hydroxyl groups is 1. The van der Waals surface area contributed by atoms with Gasteiger partial charge >= 0.3 is 0 Å². The van der Waals surface area contributed by atoms with Crippen molar-refractivity contribution in [3.8, 4) is 17.0 Å². The predicted molar refractivity (Wildman–Crippen MR) is 159 cm³/mol. The fraction of sp³-hybridized carbons (Fsp3) is 0.469. The van der Waals surface area contributed by atoms with Gasteiger partial charge in [0.1, 0.15) is 0 Å². The number of hydrogen-bond donors (Lipinski definition) is 3. The number of methoxy groups -OCH3 is 1. The average molecular weight is 578 g/mol. The van der Waals surface area contributed by atoms with Crippen LogP contribution in [0.2, 0.25) is 0 Å². The first-order valence-corrected chi connectivity index (χ1v) is 14.7. The molecule has 1 aromatic heterocycles. The summed E-state index contributed by atoms with van der Waals surface area (Å²) in [5, 5.41) is 18.5. The molecule has 1 aliphatic heterocycles. The zero-order valence-electron chi connectivity index (χ0n) is 24.1. The van der Waals surface area contributed by atoms with Crippen LogP contribution in [0.1, 0.15) is 43.7 Å². The summed E-state index contributed by atoms with van der Waals surface area (Å²) < 4.78 is 21.0. The van der Waals surface area contributed by atoms with Gasteiger partial charge in [0.05, 0.1) is 31.3 Å². The van der Waals surface area contributed by atoms with Crippen molar-refractivity contribution in [2.45, 2.75) is 50.3 Å². The summed E-state index contributed by atoms with van der Waals surface area (Å²) in [4.78, 5) is 30.9. The summed E-state index contributed by atoms with van der Waals surface area (Å²) in [6, 6.07) is 16.4. The SMILES string of the molecule is COc1c(F)cccc1-c1cc(=O)n(CC2(O)CCN(C(CNCCNC=O)c3ccccc3)CC23CCCC3)cn1. The molecule has 1 saturated heterocycles. The van der Waals surface area contributed by atoms with E-state index in [0.29, 0.717) is 50.3 Å². The molecule has 1 amide bonds. The number of nitrogens with one attached hydrogen (secondary N) is 2. The van der Waals surface area contributed by atoms with Crippen molar-refractivity contribution in [2.24, 2.45) is 5.41 Å². The number of carbonyl (C=O) groups excluding carboxylic acids is 1. The van der Waals surface area contributed by atoms with Gasteiger partial charge in [-0.1, -0.05) is 49.2 Å². The Morgan fingerprint density at radius 3 is 2.62 bits per heavy atom. The molecule has 2 fully saturated rings. The smallest absolute Gasteiger partial charge is 0.253 e. The number of para-hydroxylation sites is 1. The minimum absolute atomic E-state index is 0.0421. The lowest BCUT2D eigenvalue weighted by molar-refractivity contribution is -0.149. The van der Waals surface area contributed by atoms with Gasteiger partial charge in [0, 0.05) is 55.8 Å². The van der Waals surface area contributed by atoms with Crippen LogP contribution < -0.4 is 20.9 Å². The molecule has 5 rings (SSSR count). The Hall–Kier alpha value is -3.60. The summed E-state index contributed by atoms with van der Waals surface area (Å²) >= 11 is 0. The molecule has 10 heteroatoms. The number of rotatable bonds is 12. The van der Waals surface area contributed by atoms with E-state index in [1.165, 1.54) is 35.7 Å². The second-order valence-electron chi connectivity index (χ2n) is 11.5. The van der Waals surface area contributed by atoms with Gasteiger partial charge in [0.15, 0.2) is 11.6 Å². The van der Waals surface area contributed by atoms with Gasteiger partial charge in [-0.3, -0.25) is 19.1 Å². The van der Waals surface area contributed by atoms with Crippen LogP contribution in [0.15, 0.2) is 65.7 Å². The molecule has 3 aromatic rings. The van der Waals surface area contributed by atoms with E-state index >= 15 is 0 Å². The van der Waals surface area contributed by atoms with E-state index in [9.17, 15) is 19.1 Å². The average Bonchev–Trinajstić information content (AvgIpc) is 3.48. The van der Waals surface area contributed by atoms with Crippen molar-refractivity contribution in [1.82, 2.24) is 25.1 Å². The van der Waals surface area contributed by atoms with Gasteiger partial charge in [0.2, 0.25) is 6.41 Å². The van der Waals surface area contributed by atoms with Gasteiger partial charge in [-0.05, 0) is 37.0 Å². The first kappa shape index (κ1) is 29.9. The highest BCUT2D eigenvalue weighted by atomic mass is 19.1. The minimum atomic E-state index is -1.08. The molecule has 0 radical (unpaired) electrons. The van der Waals surface area contributed by atoms with E-state index in [4.69, 9.17) is 4.74 Å². The van der Waals surface area contributed by atoms with Gasteiger partial charge in [-0.15, -0.1) is 0 Å². The Morgan fingerprint density at radius 2 is 1.90 bits per heavy atom. The molecule has 2 unspecified atom stereocenters. The van der Waals surface area contributed by atoms with E-state index in [1.54, 1.807) is 12.1 Å². The molecule has 1 spiro atoms. The number of halogens is 1. The molecular weight excluding hydrogens is 537 g/mol. The molecule has 2 aliphatic rings. The lowest BCUT2D eigenvalue weighted by Crippen LogP contribution is -2.62. The number of nitrogens with zero attached hydrogens (tertiary/aromatic N) is 3. The summed E-state index contributed by atoms with van der Waals surface area (Å²) in [6.07, 6.45) is 6.53. The van der Waals surface area contributed by atoms with Crippen LogP contribution in [0.3, 0.4) is 0 Å². The molecule has 42 heavy (non-hydrogen) atoms. The topological polar surface area (TPSA) is 109 Å². The number of hydrogen-bond acceptors (Lipinski definition) is 7. The van der Waals surface area contributed by atoms with Gasteiger partial charge in [-0.2, -0.15) is 0 Å². The summed E-state index contributed by atoms with van der Waals surface area (Å²) in [7, 11) is 1.38. The van der Waals surface area contributed by atoms with Gasteiger partial charge in [0.25, 0.3) is 5.56 Å². The van der Waals surface area contributed by atoms with E-state index in [2.05, 4.69) is 32.7 Å². The number of amides is 1. The third-order valence-corrected chi connectivity index (χ3v) is 9.12. The second-order valence-corrected chi connectivity index (χ2v) is 11.5. The van der Waals surface area contributed by atoms with Crippen LogP contribution in [0.5, 0.6) is 5.75 Å². The van der Waals surface area contributed by atoms with Crippen LogP contribution in [0.25, 0.3) is 11.3 Å². The lowest BCUT2D eigenvalue weighted by Gasteiger charge is -2.54. The molecule has 1 aliphatic carbocycles. The molecule has 3 N–H and O–H groups in total. The Morgan fingerprint density at radius 1 is 1.12 bits per heavy atom. The van der Waals surface area contributed by atoms with Crippen molar-refractivity contribution in [3.63, 3.8) is 0 Å². The molecular formula is C32H40FN5O4. The number of ether oxygens (including phenoxy) is 1. The van der Waals surface area contributed by atoms with E-state index < -0.39 is 11.4 Å². The number of likely N-dealkylation sites (tertiary alicyclic amines) is 1.